The third-order valence-electron chi connectivity index (χ3n) is 5.44. The van der Waals surface area contributed by atoms with E-state index in [-0.39, 0.29) is 29.0 Å². The first-order valence-electron chi connectivity index (χ1n) is 10.2. The zero-order valence-electron chi connectivity index (χ0n) is 16.8. The van der Waals surface area contributed by atoms with Crippen molar-refractivity contribution in [2.24, 2.45) is 5.92 Å². The van der Waals surface area contributed by atoms with E-state index in [1.807, 2.05) is 12.1 Å². The van der Waals surface area contributed by atoms with Crippen LogP contribution < -0.4 is 4.74 Å². The van der Waals surface area contributed by atoms with Gasteiger partial charge in [-0.1, -0.05) is 24.0 Å². The van der Waals surface area contributed by atoms with Crippen LogP contribution in [-0.2, 0) is 0 Å². The molecule has 2 nitrogen and oxygen atoms in total. The Morgan fingerprint density at radius 3 is 2.53 bits per heavy atom. The molecule has 30 heavy (non-hydrogen) atoms. The van der Waals surface area contributed by atoms with Crippen LogP contribution in [0.2, 0.25) is 0 Å². The van der Waals surface area contributed by atoms with Crippen LogP contribution in [0.5, 0.6) is 11.5 Å². The quantitative estimate of drug-likeness (QED) is 0.333. The van der Waals surface area contributed by atoms with Crippen LogP contribution in [0.15, 0.2) is 43.0 Å². The number of rotatable bonds is 6. The van der Waals surface area contributed by atoms with Gasteiger partial charge < -0.3 is 9.84 Å². The lowest BCUT2D eigenvalue weighted by atomic mass is 9.79. The molecule has 0 heterocycles. The van der Waals surface area contributed by atoms with Crippen molar-refractivity contribution in [3.8, 4) is 23.3 Å². The average Bonchev–Trinajstić information content (AvgIpc) is 2.76. The van der Waals surface area contributed by atoms with Gasteiger partial charge in [-0.25, -0.2) is 8.78 Å². The summed E-state index contributed by atoms with van der Waals surface area (Å²) in [6, 6.07) is 7.52. The van der Waals surface area contributed by atoms with Crippen LogP contribution in [-0.4, -0.2) is 11.7 Å². The van der Waals surface area contributed by atoms with E-state index in [1.165, 1.54) is 6.07 Å². The molecule has 0 aliphatic heterocycles. The van der Waals surface area contributed by atoms with Gasteiger partial charge >= 0.3 is 0 Å². The fourth-order valence-corrected chi connectivity index (χ4v) is 3.68. The molecule has 2 aromatic rings. The molecule has 0 spiro atoms. The average molecular weight is 414 g/mol. The molecule has 0 atom stereocenters. The topological polar surface area (TPSA) is 29.5 Å². The second kappa shape index (κ2) is 10.2. The molecule has 158 valence electrons. The molecule has 1 saturated carbocycles. The Balaban J connectivity index is 1.56. The second-order valence-corrected chi connectivity index (χ2v) is 7.55. The van der Waals surface area contributed by atoms with Gasteiger partial charge in [0.15, 0.2) is 23.1 Å². The number of unbranched alkanes of at least 4 members (excludes halogenated alkanes) is 1. The third kappa shape index (κ3) is 5.38. The van der Waals surface area contributed by atoms with Crippen molar-refractivity contribution in [3.05, 3.63) is 71.6 Å². The first-order chi connectivity index (χ1) is 14.5. The molecule has 0 saturated heterocycles. The lowest BCUT2D eigenvalue weighted by Gasteiger charge is -2.26. The lowest BCUT2D eigenvalue weighted by molar-refractivity contribution is 0.296. The van der Waals surface area contributed by atoms with Gasteiger partial charge in [0.1, 0.15) is 0 Å². The normalized spacial score (nSPS) is 18.4. The predicted molar refractivity (Wildman–Crippen MR) is 111 cm³/mol. The van der Waals surface area contributed by atoms with Gasteiger partial charge in [0.25, 0.3) is 0 Å². The molecule has 2 aromatic carbocycles. The molecule has 0 radical (unpaired) electrons. The predicted octanol–water partition coefficient (Wildman–Crippen LogP) is 6.48. The van der Waals surface area contributed by atoms with Crippen LogP contribution in [0.1, 0.15) is 55.6 Å². The van der Waals surface area contributed by atoms with E-state index < -0.39 is 17.4 Å². The van der Waals surface area contributed by atoms with E-state index in [2.05, 4.69) is 18.4 Å². The van der Waals surface area contributed by atoms with Crippen molar-refractivity contribution < 1.29 is 23.0 Å². The zero-order valence-corrected chi connectivity index (χ0v) is 16.8. The van der Waals surface area contributed by atoms with Gasteiger partial charge in [-0.15, -0.1) is 6.58 Å². The molecule has 0 amide bonds. The summed E-state index contributed by atoms with van der Waals surface area (Å²) in [6.45, 7) is 4.11. The Bertz CT molecular complexity index is 951. The number of hydrogen-bond acceptors (Lipinski definition) is 2. The summed E-state index contributed by atoms with van der Waals surface area (Å²) in [5.74, 6) is 2.82. The lowest BCUT2D eigenvalue weighted by Crippen LogP contribution is -2.12. The minimum absolute atomic E-state index is 0.0572. The van der Waals surface area contributed by atoms with E-state index in [0.717, 1.165) is 50.2 Å². The second-order valence-electron chi connectivity index (χ2n) is 7.55. The Hall–Kier alpha value is -2.87. The van der Waals surface area contributed by atoms with E-state index in [0.29, 0.717) is 6.61 Å². The summed E-state index contributed by atoms with van der Waals surface area (Å²) in [5.41, 5.74) is 0.891. The number of phenols is 1. The van der Waals surface area contributed by atoms with Gasteiger partial charge in [-0.2, -0.15) is 4.39 Å². The minimum Gasteiger partial charge on any atom is -0.505 e. The molecule has 0 unspecified atom stereocenters. The fourth-order valence-electron chi connectivity index (χ4n) is 3.68. The van der Waals surface area contributed by atoms with Gasteiger partial charge in [-0.3, -0.25) is 0 Å². The minimum atomic E-state index is -1.28. The molecular formula is C25H25F3O2. The Kier molecular flexibility index (Phi) is 7.46. The molecule has 0 bridgehead atoms. The zero-order chi connectivity index (χ0) is 21.5. The molecule has 1 aliphatic carbocycles. The first-order valence-corrected chi connectivity index (χ1v) is 10.2. The number of benzene rings is 2. The molecule has 1 fully saturated rings. The van der Waals surface area contributed by atoms with Gasteiger partial charge in [-0.05, 0) is 74.3 Å². The molecule has 5 heteroatoms. The standard InChI is InChI=1S/C25H25F3O2/c1-2-3-4-15-30-23-14-12-20(16-21(23)26)18-8-5-17(6-9-18)7-10-19-11-13-22(29)25(28)24(19)27/h2,11-14,16-18,29H,1,3-6,8-9,15H2. The van der Waals surface area contributed by atoms with Crippen molar-refractivity contribution in [3.63, 3.8) is 0 Å². The van der Waals surface area contributed by atoms with Crippen LogP contribution in [0.3, 0.4) is 0 Å². The highest BCUT2D eigenvalue weighted by atomic mass is 19.2. The smallest absolute Gasteiger partial charge is 0.201 e. The van der Waals surface area contributed by atoms with E-state index >= 15 is 0 Å². The monoisotopic (exact) mass is 414 g/mol. The number of aromatic hydroxyl groups is 1. The highest BCUT2D eigenvalue weighted by molar-refractivity contribution is 5.40. The summed E-state index contributed by atoms with van der Waals surface area (Å²) >= 11 is 0. The van der Waals surface area contributed by atoms with E-state index in [1.54, 1.807) is 12.1 Å². The van der Waals surface area contributed by atoms with Crippen molar-refractivity contribution in [1.82, 2.24) is 0 Å². The van der Waals surface area contributed by atoms with Gasteiger partial charge in [0, 0.05) is 5.92 Å². The Labute approximate surface area is 175 Å². The van der Waals surface area contributed by atoms with Gasteiger partial charge in [0.05, 0.1) is 12.2 Å². The van der Waals surface area contributed by atoms with E-state index in [4.69, 9.17) is 4.74 Å². The van der Waals surface area contributed by atoms with Crippen LogP contribution in [0.4, 0.5) is 13.2 Å². The Morgan fingerprint density at radius 1 is 1.07 bits per heavy atom. The number of phenolic OH excluding ortho intramolecular Hbond substituents is 1. The maximum absolute atomic E-state index is 14.3. The molecule has 0 aromatic heterocycles. The fraction of sp³-hybridized carbons (Fsp3) is 0.360. The maximum Gasteiger partial charge on any atom is 0.201 e. The first kappa shape index (κ1) is 21.8. The van der Waals surface area contributed by atoms with Crippen LogP contribution in [0, 0.1) is 35.2 Å². The summed E-state index contributed by atoms with van der Waals surface area (Å²) in [7, 11) is 0. The highest BCUT2D eigenvalue weighted by Crippen LogP contribution is 2.37. The summed E-state index contributed by atoms with van der Waals surface area (Å²) in [6.07, 6.45) is 6.76. The maximum atomic E-state index is 14.3. The van der Waals surface area contributed by atoms with Gasteiger partial charge in [0.2, 0.25) is 5.82 Å². The number of allylic oxidation sites excluding steroid dienone is 1. The van der Waals surface area contributed by atoms with Crippen LogP contribution in [0.25, 0.3) is 0 Å². The summed E-state index contributed by atoms with van der Waals surface area (Å²) < 4.78 is 47.1. The number of hydrogen-bond donors (Lipinski definition) is 1. The summed E-state index contributed by atoms with van der Waals surface area (Å²) in [4.78, 5) is 0. The third-order valence-corrected chi connectivity index (χ3v) is 5.44. The summed E-state index contributed by atoms with van der Waals surface area (Å²) in [5, 5.41) is 9.18. The van der Waals surface area contributed by atoms with Crippen molar-refractivity contribution in [2.75, 3.05) is 6.61 Å². The molecule has 1 aliphatic rings. The molecular weight excluding hydrogens is 389 g/mol. The molecule has 1 N–H and O–H groups in total. The van der Waals surface area contributed by atoms with Crippen molar-refractivity contribution in [2.45, 2.75) is 44.4 Å². The van der Waals surface area contributed by atoms with Crippen LogP contribution >= 0.6 is 0 Å². The number of ether oxygens (including phenoxy) is 1. The van der Waals surface area contributed by atoms with Crippen molar-refractivity contribution in [1.29, 1.82) is 0 Å². The molecule has 3 rings (SSSR count). The number of halogens is 3. The SMILES string of the molecule is C=CCCCOc1ccc(C2CCC(C#Cc3ccc(O)c(F)c3F)CC2)cc1F. The van der Waals surface area contributed by atoms with Crippen molar-refractivity contribution >= 4 is 0 Å². The Morgan fingerprint density at radius 2 is 1.83 bits per heavy atom. The largest absolute Gasteiger partial charge is 0.505 e. The van der Waals surface area contributed by atoms with E-state index in [9.17, 15) is 18.3 Å². The highest BCUT2D eigenvalue weighted by Gasteiger charge is 2.22.